The van der Waals surface area contributed by atoms with Crippen molar-refractivity contribution in [3.05, 3.63) is 28.8 Å². The van der Waals surface area contributed by atoms with Gasteiger partial charge in [0.05, 0.1) is 12.1 Å². The third kappa shape index (κ3) is 3.41. The molecule has 1 saturated carbocycles. The van der Waals surface area contributed by atoms with Crippen LogP contribution >= 0.6 is 11.6 Å². The van der Waals surface area contributed by atoms with Gasteiger partial charge in [0.1, 0.15) is 5.75 Å². The fourth-order valence-corrected chi connectivity index (χ4v) is 3.37. The molecule has 1 aliphatic rings. The quantitative estimate of drug-likeness (QED) is 0.902. The average molecular weight is 283 g/mol. The summed E-state index contributed by atoms with van der Waals surface area (Å²) in [6.07, 6.45) is 3.80. The molecular formula is C15H23ClN2O. The number of nitrogens with zero attached hydrogens (tertiary/aromatic N) is 1. The van der Waals surface area contributed by atoms with Crippen molar-refractivity contribution < 1.29 is 4.74 Å². The summed E-state index contributed by atoms with van der Waals surface area (Å²) in [5.74, 6) is 1.37. The maximum atomic E-state index is 6.17. The summed E-state index contributed by atoms with van der Waals surface area (Å²) in [5, 5.41) is 0.676. The highest BCUT2D eigenvalue weighted by molar-refractivity contribution is 6.32. The molecule has 1 aromatic carbocycles. The summed E-state index contributed by atoms with van der Waals surface area (Å²) in [5.41, 5.74) is 7.07. The van der Waals surface area contributed by atoms with E-state index in [-0.39, 0.29) is 0 Å². The summed E-state index contributed by atoms with van der Waals surface area (Å²) < 4.78 is 5.18. The number of ether oxygens (including phenoxy) is 1. The van der Waals surface area contributed by atoms with E-state index in [2.05, 4.69) is 18.0 Å². The van der Waals surface area contributed by atoms with Crippen molar-refractivity contribution >= 4 is 11.6 Å². The molecule has 2 unspecified atom stereocenters. The lowest BCUT2D eigenvalue weighted by Crippen LogP contribution is -2.37. The Kier molecular flexibility index (Phi) is 5.08. The Morgan fingerprint density at radius 3 is 2.84 bits per heavy atom. The molecule has 1 aliphatic carbocycles. The van der Waals surface area contributed by atoms with E-state index in [1.807, 2.05) is 12.1 Å². The highest BCUT2D eigenvalue weighted by atomic mass is 35.5. The zero-order valence-electron chi connectivity index (χ0n) is 11.7. The van der Waals surface area contributed by atoms with Crippen LogP contribution in [-0.4, -0.2) is 31.6 Å². The minimum atomic E-state index is 0.603. The molecule has 2 N–H and O–H groups in total. The molecule has 0 aliphatic heterocycles. The van der Waals surface area contributed by atoms with Gasteiger partial charge in [0.25, 0.3) is 0 Å². The van der Waals surface area contributed by atoms with Gasteiger partial charge in [0, 0.05) is 12.6 Å². The second-order valence-electron chi connectivity index (χ2n) is 5.38. The summed E-state index contributed by atoms with van der Waals surface area (Å²) >= 11 is 6.17. The first-order valence-corrected chi connectivity index (χ1v) is 7.26. The van der Waals surface area contributed by atoms with E-state index in [0.717, 1.165) is 18.8 Å². The first-order valence-electron chi connectivity index (χ1n) is 6.88. The summed E-state index contributed by atoms with van der Waals surface area (Å²) in [6.45, 7) is 1.70. The summed E-state index contributed by atoms with van der Waals surface area (Å²) in [7, 11) is 3.81. The molecule has 2 rings (SSSR count). The van der Waals surface area contributed by atoms with E-state index >= 15 is 0 Å². The molecule has 0 aromatic heterocycles. The van der Waals surface area contributed by atoms with Gasteiger partial charge in [-0.3, -0.25) is 4.90 Å². The first-order chi connectivity index (χ1) is 9.15. The zero-order chi connectivity index (χ0) is 13.8. The molecule has 0 bridgehead atoms. The highest BCUT2D eigenvalue weighted by Gasteiger charge is 2.29. The second-order valence-corrected chi connectivity index (χ2v) is 5.79. The van der Waals surface area contributed by atoms with Crippen LogP contribution in [0.3, 0.4) is 0 Å². The van der Waals surface area contributed by atoms with E-state index in [4.69, 9.17) is 22.1 Å². The predicted octanol–water partition coefficient (Wildman–Crippen LogP) is 2.91. The van der Waals surface area contributed by atoms with Crippen LogP contribution in [0.25, 0.3) is 0 Å². The Hall–Kier alpha value is -0.770. The topological polar surface area (TPSA) is 38.5 Å². The van der Waals surface area contributed by atoms with Gasteiger partial charge >= 0.3 is 0 Å². The van der Waals surface area contributed by atoms with Crippen molar-refractivity contribution in [1.82, 2.24) is 4.90 Å². The standard InChI is InChI=1S/C15H23ClN2O/c1-18(14-5-3-4-12(14)9-17)10-11-6-7-15(19-2)13(16)8-11/h6-8,12,14H,3-5,9-10,17H2,1-2H3. The minimum absolute atomic E-state index is 0.603. The molecule has 19 heavy (non-hydrogen) atoms. The van der Waals surface area contributed by atoms with E-state index in [0.29, 0.717) is 17.0 Å². The average Bonchev–Trinajstić information content (AvgIpc) is 2.87. The Morgan fingerprint density at radius 1 is 1.42 bits per heavy atom. The third-order valence-electron chi connectivity index (χ3n) is 4.14. The van der Waals surface area contributed by atoms with Gasteiger partial charge in [-0.25, -0.2) is 0 Å². The lowest BCUT2D eigenvalue weighted by atomic mass is 10.0. The molecule has 0 spiro atoms. The number of halogens is 1. The largest absolute Gasteiger partial charge is 0.495 e. The maximum Gasteiger partial charge on any atom is 0.137 e. The van der Waals surface area contributed by atoms with Crippen LogP contribution in [0.1, 0.15) is 24.8 Å². The van der Waals surface area contributed by atoms with Gasteiger partial charge < -0.3 is 10.5 Å². The highest BCUT2D eigenvalue weighted by Crippen LogP contribution is 2.30. The molecule has 0 radical (unpaired) electrons. The van der Waals surface area contributed by atoms with Crippen molar-refractivity contribution in [1.29, 1.82) is 0 Å². The Labute approximate surface area is 120 Å². The lowest BCUT2D eigenvalue weighted by Gasteiger charge is -2.29. The van der Waals surface area contributed by atoms with Gasteiger partial charge in [-0.05, 0) is 50.0 Å². The minimum Gasteiger partial charge on any atom is -0.495 e. The molecule has 2 atom stereocenters. The first kappa shape index (κ1) is 14.6. The van der Waals surface area contributed by atoms with E-state index in [9.17, 15) is 0 Å². The molecule has 0 saturated heterocycles. The van der Waals surface area contributed by atoms with Gasteiger partial charge in [0.15, 0.2) is 0 Å². The van der Waals surface area contributed by atoms with Crippen LogP contribution in [0, 0.1) is 5.92 Å². The number of methoxy groups -OCH3 is 1. The molecular weight excluding hydrogens is 260 g/mol. The van der Waals surface area contributed by atoms with Crippen LogP contribution in [0.5, 0.6) is 5.75 Å². The molecule has 1 fully saturated rings. The van der Waals surface area contributed by atoms with Crippen molar-refractivity contribution in [2.24, 2.45) is 11.7 Å². The number of hydrogen-bond donors (Lipinski definition) is 1. The van der Waals surface area contributed by atoms with E-state index in [1.165, 1.54) is 24.8 Å². The van der Waals surface area contributed by atoms with Crippen molar-refractivity contribution in [2.45, 2.75) is 31.8 Å². The Bertz CT molecular complexity index is 425. The number of benzene rings is 1. The fourth-order valence-electron chi connectivity index (χ4n) is 3.09. The van der Waals surface area contributed by atoms with Gasteiger partial charge in [0.2, 0.25) is 0 Å². The van der Waals surface area contributed by atoms with Gasteiger partial charge in [-0.15, -0.1) is 0 Å². The number of hydrogen-bond acceptors (Lipinski definition) is 3. The van der Waals surface area contributed by atoms with Crippen LogP contribution < -0.4 is 10.5 Å². The van der Waals surface area contributed by atoms with Gasteiger partial charge in [-0.1, -0.05) is 24.1 Å². The van der Waals surface area contributed by atoms with Crippen molar-refractivity contribution in [2.75, 3.05) is 20.7 Å². The SMILES string of the molecule is COc1ccc(CN(C)C2CCCC2CN)cc1Cl. The molecule has 1 aromatic rings. The third-order valence-corrected chi connectivity index (χ3v) is 4.43. The molecule has 3 nitrogen and oxygen atoms in total. The zero-order valence-corrected chi connectivity index (χ0v) is 12.5. The molecule has 0 amide bonds. The number of rotatable bonds is 5. The smallest absolute Gasteiger partial charge is 0.137 e. The summed E-state index contributed by atoms with van der Waals surface area (Å²) in [4.78, 5) is 2.41. The Balaban J connectivity index is 2.02. The van der Waals surface area contributed by atoms with Crippen LogP contribution in [0.15, 0.2) is 18.2 Å². The van der Waals surface area contributed by atoms with Crippen LogP contribution in [-0.2, 0) is 6.54 Å². The van der Waals surface area contributed by atoms with Crippen molar-refractivity contribution in [3.8, 4) is 5.75 Å². The predicted molar refractivity (Wildman–Crippen MR) is 79.7 cm³/mol. The van der Waals surface area contributed by atoms with Gasteiger partial charge in [-0.2, -0.15) is 0 Å². The molecule has 4 heteroatoms. The van der Waals surface area contributed by atoms with E-state index < -0.39 is 0 Å². The van der Waals surface area contributed by atoms with Crippen LogP contribution in [0.2, 0.25) is 5.02 Å². The Morgan fingerprint density at radius 2 is 2.21 bits per heavy atom. The summed E-state index contributed by atoms with van der Waals surface area (Å²) in [6, 6.07) is 6.60. The van der Waals surface area contributed by atoms with E-state index in [1.54, 1.807) is 7.11 Å². The number of nitrogens with two attached hydrogens (primary N) is 1. The molecule has 0 heterocycles. The van der Waals surface area contributed by atoms with Crippen molar-refractivity contribution in [3.63, 3.8) is 0 Å². The van der Waals surface area contributed by atoms with Crippen LogP contribution in [0.4, 0.5) is 0 Å². The molecule has 106 valence electrons. The lowest BCUT2D eigenvalue weighted by molar-refractivity contribution is 0.193. The monoisotopic (exact) mass is 282 g/mol. The fraction of sp³-hybridized carbons (Fsp3) is 0.600. The normalized spacial score (nSPS) is 23.0. The maximum absolute atomic E-state index is 6.17. The second kappa shape index (κ2) is 6.60.